The minimum absolute atomic E-state index is 0.0984. The first kappa shape index (κ1) is 15.3. The number of nitrogens with one attached hydrogen (secondary N) is 1. The first-order chi connectivity index (χ1) is 9.47. The van der Waals surface area contributed by atoms with E-state index in [2.05, 4.69) is 5.32 Å². The highest BCUT2D eigenvalue weighted by molar-refractivity contribution is 5.27. The Balaban J connectivity index is 1.86. The molecule has 0 aromatic heterocycles. The van der Waals surface area contributed by atoms with Gasteiger partial charge in [-0.3, -0.25) is 0 Å². The Hall–Kier alpha value is -1.07. The lowest BCUT2D eigenvalue weighted by Gasteiger charge is -2.17. The van der Waals surface area contributed by atoms with Gasteiger partial charge in [0.1, 0.15) is 0 Å². The summed E-state index contributed by atoms with van der Waals surface area (Å²) in [6, 6.07) is 5.39. The molecule has 0 bridgehead atoms. The van der Waals surface area contributed by atoms with Crippen LogP contribution in [0.15, 0.2) is 24.3 Å². The van der Waals surface area contributed by atoms with Gasteiger partial charge in [0.15, 0.2) is 0 Å². The second kappa shape index (κ2) is 6.59. The molecule has 1 saturated heterocycles. The van der Waals surface area contributed by atoms with Gasteiger partial charge in [0.05, 0.1) is 11.7 Å². The van der Waals surface area contributed by atoms with Gasteiger partial charge in [-0.1, -0.05) is 12.1 Å². The smallest absolute Gasteiger partial charge is 0.378 e. The largest absolute Gasteiger partial charge is 0.416 e. The quantitative estimate of drug-likeness (QED) is 0.886. The SMILES string of the molecule is CC(NCCC1CCCO1)c1cccc(C(F)(F)F)c1. The van der Waals surface area contributed by atoms with Gasteiger partial charge >= 0.3 is 6.18 Å². The van der Waals surface area contributed by atoms with Crippen LogP contribution in [0.2, 0.25) is 0 Å². The molecule has 0 amide bonds. The Bertz CT molecular complexity index is 427. The summed E-state index contributed by atoms with van der Waals surface area (Å²) < 4.78 is 43.5. The topological polar surface area (TPSA) is 21.3 Å². The Morgan fingerprint density at radius 2 is 2.20 bits per heavy atom. The van der Waals surface area contributed by atoms with Crippen molar-refractivity contribution in [2.75, 3.05) is 13.2 Å². The van der Waals surface area contributed by atoms with Gasteiger partial charge in [0.2, 0.25) is 0 Å². The maximum absolute atomic E-state index is 12.7. The summed E-state index contributed by atoms with van der Waals surface area (Å²) >= 11 is 0. The van der Waals surface area contributed by atoms with Gasteiger partial charge in [0, 0.05) is 12.6 Å². The van der Waals surface area contributed by atoms with Crippen LogP contribution in [0.3, 0.4) is 0 Å². The van der Waals surface area contributed by atoms with E-state index < -0.39 is 11.7 Å². The second-order valence-corrected chi connectivity index (χ2v) is 5.22. The average Bonchev–Trinajstić information content (AvgIpc) is 2.91. The first-order valence-corrected chi connectivity index (χ1v) is 6.99. The number of alkyl halides is 3. The fraction of sp³-hybridized carbons (Fsp3) is 0.600. The van der Waals surface area contributed by atoms with E-state index in [1.807, 2.05) is 6.92 Å². The maximum atomic E-state index is 12.7. The minimum atomic E-state index is -4.28. The van der Waals surface area contributed by atoms with Crippen molar-refractivity contribution in [3.8, 4) is 0 Å². The number of halogens is 3. The van der Waals surface area contributed by atoms with Crippen LogP contribution < -0.4 is 5.32 Å². The van der Waals surface area contributed by atoms with E-state index in [1.165, 1.54) is 12.1 Å². The van der Waals surface area contributed by atoms with E-state index >= 15 is 0 Å². The molecule has 2 nitrogen and oxygen atoms in total. The molecule has 2 atom stereocenters. The molecule has 1 N–H and O–H groups in total. The van der Waals surface area contributed by atoms with Gasteiger partial charge < -0.3 is 10.1 Å². The molecule has 0 spiro atoms. The first-order valence-electron chi connectivity index (χ1n) is 6.99. The Morgan fingerprint density at radius 1 is 1.40 bits per heavy atom. The number of hydrogen-bond donors (Lipinski definition) is 1. The van der Waals surface area contributed by atoms with Crippen molar-refractivity contribution in [1.82, 2.24) is 5.32 Å². The molecular weight excluding hydrogens is 267 g/mol. The molecule has 2 unspecified atom stereocenters. The van der Waals surface area contributed by atoms with Gasteiger partial charge in [-0.15, -0.1) is 0 Å². The van der Waals surface area contributed by atoms with Gasteiger partial charge in [0.25, 0.3) is 0 Å². The lowest BCUT2D eigenvalue weighted by atomic mass is 10.0. The van der Waals surface area contributed by atoms with Crippen molar-refractivity contribution in [1.29, 1.82) is 0 Å². The van der Waals surface area contributed by atoms with Crippen LogP contribution in [-0.4, -0.2) is 19.3 Å². The van der Waals surface area contributed by atoms with Crippen molar-refractivity contribution in [3.63, 3.8) is 0 Å². The van der Waals surface area contributed by atoms with Crippen LogP contribution in [0, 0.1) is 0 Å². The fourth-order valence-electron chi connectivity index (χ4n) is 2.44. The highest BCUT2D eigenvalue weighted by Gasteiger charge is 2.30. The number of ether oxygens (including phenoxy) is 1. The van der Waals surface area contributed by atoms with E-state index in [0.717, 1.165) is 38.5 Å². The molecule has 2 rings (SSSR count). The van der Waals surface area contributed by atoms with Crippen LogP contribution in [0.5, 0.6) is 0 Å². The molecular formula is C15H20F3NO. The van der Waals surface area contributed by atoms with Crippen LogP contribution in [0.4, 0.5) is 13.2 Å². The summed E-state index contributed by atoms with van der Waals surface area (Å²) in [6.07, 6.45) is -0.888. The number of rotatable bonds is 5. The van der Waals surface area contributed by atoms with E-state index in [0.29, 0.717) is 11.7 Å². The summed E-state index contributed by atoms with van der Waals surface area (Å²) in [7, 11) is 0. The lowest BCUT2D eigenvalue weighted by molar-refractivity contribution is -0.137. The van der Waals surface area contributed by atoms with Crippen LogP contribution in [0.1, 0.15) is 43.4 Å². The Morgan fingerprint density at radius 3 is 2.85 bits per heavy atom. The molecule has 1 aromatic rings. The van der Waals surface area contributed by atoms with Gasteiger partial charge in [-0.25, -0.2) is 0 Å². The predicted octanol–water partition coefficient (Wildman–Crippen LogP) is 3.93. The normalized spacial score (nSPS) is 21.1. The molecule has 1 aromatic carbocycles. The van der Waals surface area contributed by atoms with E-state index in [-0.39, 0.29) is 6.04 Å². The number of benzene rings is 1. The molecule has 0 aliphatic carbocycles. The van der Waals surface area contributed by atoms with Crippen molar-refractivity contribution >= 4 is 0 Å². The van der Waals surface area contributed by atoms with Crippen LogP contribution in [-0.2, 0) is 10.9 Å². The summed E-state index contributed by atoms with van der Waals surface area (Å²) in [5.41, 5.74) is 0.0648. The Labute approximate surface area is 117 Å². The molecule has 1 aliphatic heterocycles. The third kappa shape index (κ3) is 4.21. The third-order valence-corrected chi connectivity index (χ3v) is 3.65. The Kier molecular flexibility index (Phi) is 5.05. The maximum Gasteiger partial charge on any atom is 0.416 e. The predicted molar refractivity (Wildman–Crippen MR) is 71.5 cm³/mol. The molecule has 5 heteroatoms. The van der Waals surface area contributed by atoms with Crippen LogP contribution in [0.25, 0.3) is 0 Å². The molecule has 20 heavy (non-hydrogen) atoms. The van der Waals surface area contributed by atoms with Crippen LogP contribution >= 0.6 is 0 Å². The molecule has 0 saturated carbocycles. The standard InChI is InChI=1S/C15H20F3NO/c1-11(19-8-7-14-6-3-9-20-14)12-4-2-5-13(10-12)15(16,17)18/h2,4-5,10-11,14,19H,3,6-9H2,1H3. The summed E-state index contributed by atoms with van der Waals surface area (Å²) in [5, 5.41) is 3.26. The van der Waals surface area contributed by atoms with Crippen molar-refractivity contribution in [2.24, 2.45) is 0 Å². The van der Waals surface area contributed by atoms with Gasteiger partial charge in [-0.05, 0) is 50.4 Å². The van der Waals surface area contributed by atoms with Crippen molar-refractivity contribution in [2.45, 2.75) is 44.5 Å². The summed E-state index contributed by atoms with van der Waals surface area (Å²) in [5.74, 6) is 0. The lowest BCUT2D eigenvalue weighted by Crippen LogP contribution is -2.23. The summed E-state index contributed by atoms with van der Waals surface area (Å²) in [6.45, 7) is 3.46. The third-order valence-electron chi connectivity index (χ3n) is 3.65. The monoisotopic (exact) mass is 287 g/mol. The van der Waals surface area contributed by atoms with Gasteiger partial charge in [-0.2, -0.15) is 13.2 Å². The molecule has 1 heterocycles. The van der Waals surface area contributed by atoms with E-state index in [4.69, 9.17) is 4.74 Å². The zero-order valence-corrected chi connectivity index (χ0v) is 11.5. The zero-order valence-electron chi connectivity index (χ0n) is 11.5. The molecule has 0 radical (unpaired) electrons. The number of hydrogen-bond acceptors (Lipinski definition) is 2. The minimum Gasteiger partial charge on any atom is -0.378 e. The van der Waals surface area contributed by atoms with Crippen molar-refractivity contribution in [3.05, 3.63) is 35.4 Å². The zero-order chi connectivity index (χ0) is 14.6. The molecule has 1 aliphatic rings. The van der Waals surface area contributed by atoms with E-state index in [1.54, 1.807) is 6.07 Å². The highest BCUT2D eigenvalue weighted by Crippen LogP contribution is 2.30. The second-order valence-electron chi connectivity index (χ2n) is 5.22. The average molecular weight is 287 g/mol. The molecule has 1 fully saturated rings. The highest BCUT2D eigenvalue weighted by atomic mass is 19.4. The summed E-state index contributed by atoms with van der Waals surface area (Å²) in [4.78, 5) is 0. The van der Waals surface area contributed by atoms with E-state index in [9.17, 15) is 13.2 Å². The molecule has 112 valence electrons. The fourth-order valence-corrected chi connectivity index (χ4v) is 2.44. The van der Waals surface area contributed by atoms with Crippen molar-refractivity contribution < 1.29 is 17.9 Å².